The van der Waals surface area contributed by atoms with E-state index in [1.54, 1.807) is 4.72 Å². The Morgan fingerprint density at radius 2 is 1.96 bits per heavy atom. The molecule has 0 atom stereocenters. The Kier molecular flexibility index (Phi) is 3.29. The molecule has 7 nitrogen and oxygen atoms in total. The van der Waals surface area contributed by atoms with Crippen LogP contribution in [0.3, 0.4) is 0 Å². The molecule has 1 aliphatic rings. The Morgan fingerprint density at radius 1 is 1.26 bits per heavy atom. The van der Waals surface area contributed by atoms with Gasteiger partial charge in [0.25, 0.3) is 5.91 Å². The first-order valence-corrected chi connectivity index (χ1v) is 7.71. The number of amides is 1. The Bertz CT molecular complexity index is 945. The predicted molar refractivity (Wildman–Crippen MR) is 76.5 cm³/mol. The third-order valence-electron chi connectivity index (χ3n) is 3.41. The first-order valence-electron chi connectivity index (χ1n) is 6.27. The first kappa shape index (κ1) is 15.3. The van der Waals surface area contributed by atoms with Gasteiger partial charge in [-0.05, 0) is 18.2 Å². The normalized spacial score (nSPS) is 16.7. The van der Waals surface area contributed by atoms with Crippen LogP contribution in [0.5, 0.6) is 11.5 Å². The van der Waals surface area contributed by atoms with Gasteiger partial charge in [-0.15, -0.1) is 0 Å². The van der Waals surface area contributed by atoms with Gasteiger partial charge in [-0.2, -0.15) is 8.42 Å². The Labute approximate surface area is 129 Å². The van der Waals surface area contributed by atoms with Gasteiger partial charge < -0.3 is 9.84 Å². The van der Waals surface area contributed by atoms with Crippen LogP contribution < -0.4 is 13.8 Å². The summed E-state index contributed by atoms with van der Waals surface area (Å²) in [4.78, 5) is 11.3. The third-order valence-corrected chi connectivity index (χ3v) is 4.79. The van der Waals surface area contributed by atoms with Gasteiger partial charge in [-0.25, -0.2) is 17.8 Å². The summed E-state index contributed by atoms with van der Waals surface area (Å²) >= 11 is 0. The molecular formula is C13H10F2N2O5S. The second-order valence-electron chi connectivity index (χ2n) is 4.77. The van der Waals surface area contributed by atoms with E-state index in [1.165, 1.54) is 19.2 Å². The first-order chi connectivity index (χ1) is 10.8. The maximum absolute atomic E-state index is 14.7. The van der Waals surface area contributed by atoms with Crippen molar-refractivity contribution < 1.29 is 31.8 Å². The van der Waals surface area contributed by atoms with Crippen LogP contribution in [0.25, 0.3) is 10.8 Å². The summed E-state index contributed by atoms with van der Waals surface area (Å²) < 4.78 is 59.5. The van der Waals surface area contributed by atoms with Crippen molar-refractivity contribution in [2.24, 2.45) is 0 Å². The number of phenols is 1. The third kappa shape index (κ3) is 2.22. The number of nitrogens with one attached hydrogen (secondary N) is 1. The number of aromatic hydroxyl groups is 1. The van der Waals surface area contributed by atoms with Crippen LogP contribution in [0.2, 0.25) is 0 Å². The summed E-state index contributed by atoms with van der Waals surface area (Å²) in [7, 11) is -3.08. The lowest BCUT2D eigenvalue weighted by molar-refractivity contribution is -0.117. The van der Waals surface area contributed by atoms with Gasteiger partial charge >= 0.3 is 10.2 Å². The molecule has 1 saturated heterocycles. The highest BCUT2D eigenvalue weighted by molar-refractivity contribution is 7.92. The molecule has 2 aromatic carbocycles. The summed E-state index contributed by atoms with van der Waals surface area (Å²) in [5, 5.41) is 9.35. The minimum absolute atomic E-state index is 0.214. The number of nitrogens with zero attached hydrogens (tertiary/aromatic N) is 1. The zero-order chi connectivity index (χ0) is 16.9. The van der Waals surface area contributed by atoms with E-state index >= 15 is 0 Å². The molecule has 122 valence electrons. The highest BCUT2D eigenvalue weighted by Crippen LogP contribution is 2.41. The summed E-state index contributed by atoms with van der Waals surface area (Å²) in [5.74, 6) is -4.28. The second-order valence-corrected chi connectivity index (χ2v) is 6.37. The number of ether oxygens (including phenoxy) is 1. The number of fused-ring (bicyclic) bond motifs is 1. The topological polar surface area (TPSA) is 95.9 Å². The number of phenolic OH excluding ortho intramolecular Hbond substituents is 1. The van der Waals surface area contributed by atoms with Crippen LogP contribution in [0.4, 0.5) is 14.5 Å². The van der Waals surface area contributed by atoms with Crippen LogP contribution >= 0.6 is 0 Å². The molecule has 0 saturated carbocycles. The van der Waals surface area contributed by atoms with Crippen LogP contribution in [0, 0.1) is 11.6 Å². The fourth-order valence-corrected chi connectivity index (χ4v) is 3.52. The standard InChI is InChI=1S/C13H10F2N2O5S/c1-22-6-2-3-7-8(4-6)10(14)12(13(19)11(7)15)17-5-9(18)16-23(17,20)21/h2-4,19H,5H2,1H3,(H,16,18). The van der Waals surface area contributed by atoms with Crippen LogP contribution in [-0.4, -0.2) is 33.1 Å². The van der Waals surface area contributed by atoms with Gasteiger partial charge in [0, 0.05) is 10.8 Å². The average molecular weight is 344 g/mol. The Balaban J connectivity index is 2.35. The van der Waals surface area contributed by atoms with Crippen LogP contribution in [0.1, 0.15) is 0 Å². The molecular weight excluding hydrogens is 334 g/mol. The maximum atomic E-state index is 14.7. The molecule has 2 aromatic rings. The maximum Gasteiger partial charge on any atom is 0.326 e. The van der Waals surface area contributed by atoms with E-state index in [4.69, 9.17) is 4.74 Å². The molecule has 0 bridgehead atoms. The van der Waals surface area contributed by atoms with Gasteiger partial charge in [0.1, 0.15) is 18.0 Å². The number of hydrogen-bond donors (Lipinski definition) is 2. The molecule has 10 heteroatoms. The van der Waals surface area contributed by atoms with E-state index in [9.17, 15) is 27.1 Å². The summed E-state index contributed by atoms with van der Waals surface area (Å²) in [6.45, 7) is -0.762. The Hall–Kier alpha value is -2.62. The van der Waals surface area contributed by atoms with Crippen molar-refractivity contribution in [3.8, 4) is 11.5 Å². The average Bonchev–Trinajstić information content (AvgIpc) is 2.77. The van der Waals surface area contributed by atoms with E-state index in [0.29, 0.717) is 0 Å². The van der Waals surface area contributed by atoms with Crippen molar-refractivity contribution in [3.63, 3.8) is 0 Å². The van der Waals surface area contributed by atoms with Crippen molar-refractivity contribution in [1.82, 2.24) is 4.72 Å². The van der Waals surface area contributed by atoms with Gasteiger partial charge in [0.2, 0.25) is 0 Å². The number of carbonyl (C=O) groups is 1. The predicted octanol–water partition coefficient (Wildman–Crippen LogP) is 1.01. The molecule has 1 amide bonds. The van der Waals surface area contributed by atoms with E-state index in [2.05, 4.69) is 0 Å². The van der Waals surface area contributed by atoms with Crippen molar-refractivity contribution in [1.29, 1.82) is 0 Å². The number of hydrogen-bond acceptors (Lipinski definition) is 5. The molecule has 0 spiro atoms. The fourth-order valence-electron chi connectivity index (χ4n) is 2.36. The number of halogens is 2. The van der Waals surface area contributed by atoms with Gasteiger partial charge in [-0.1, -0.05) is 0 Å². The molecule has 1 aliphatic heterocycles. The summed E-state index contributed by atoms with van der Waals surface area (Å²) in [5.41, 5.74) is -0.929. The minimum Gasteiger partial charge on any atom is -0.503 e. The quantitative estimate of drug-likeness (QED) is 0.848. The molecule has 1 fully saturated rings. The van der Waals surface area contributed by atoms with Crippen molar-refractivity contribution >= 4 is 32.6 Å². The zero-order valence-corrected chi connectivity index (χ0v) is 12.4. The molecule has 0 aliphatic carbocycles. The highest BCUT2D eigenvalue weighted by Gasteiger charge is 2.39. The molecule has 0 unspecified atom stereocenters. The smallest absolute Gasteiger partial charge is 0.326 e. The van der Waals surface area contributed by atoms with E-state index < -0.39 is 45.7 Å². The SMILES string of the molecule is COc1ccc2c(F)c(O)c(N3CC(=O)NS3(=O)=O)c(F)c2c1. The number of methoxy groups -OCH3 is 1. The second kappa shape index (κ2) is 4.95. The lowest BCUT2D eigenvalue weighted by Gasteiger charge is -2.19. The van der Waals surface area contributed by atoms with Crippen molar-refractivity contribution in [3.05, 3.63) is 29.8 Å². The fraction of sp³-hybridized carbons (Fsp3) is 0.154. The molecule has 1 heterocycles. The number of anilines is 1. The highest BCUT2D eigenvalue weighted by atomic mass is 32.2. The van der Waals surface area contributed by atoms with E-state index in [0.717, 1.165) is 6.07 Å². The monoisotopic (exact) mass is 344 g/mol. The minimum atomic E-state index is -4.40. The van der Waals surface area contributed by atoms with Gasteiger partial charge in [0.05, 0.1) is 7.11 Å². The Morgan fingerprint density at radius 3 is 2.52 bits per heavy atom. The number of benzene rings is 2. The van der Waals surface area contributed by atoms with E-state index in [-0.39, 0.29) is 20.8 Å². The molecule has 2 N–H and O–H groups in total. The summed E-state index contributed by atoms with van der Waals surface area (Å²) in [6, 6.07) is 3.72. The van der Waals surface area contributed by atoms with Crippen molar-refractivity contribution in [2.75, 3.05) is 18.0 Å². The van der Waals surface area contributed by atoms with Gasteiger partial charge in [-0.3, -0.25) is 4.79 Å². The number of rotatable bonds is 2. The van der Waals surface area contributed by atoms with Crippen molar-refractivity contribution in [2.45, 2.75) is 0 Å². The largest absolute Gasteiger partial charge is 0.503 e. The molecule has 0 aromatic heterocycles. The zero-order valence-electron chi connectivity index (χ0n) is 11.6. The van der Waals surface area contributed by atoms with Crippen LogP contribution in [0.15, 0.2) is 18.2 Å². The van der Waals surface area contributed by atoms with Gasteiger partial charge in [0.15, 0.2) is 17.4 Å². The number of carbonyl (C=O) groups excluding carboxylic acids is 1. The lowest BCUT2D eigenvalue weighted by atomic mass is 10.1. The van der Waals surface area contributed by atoms with Crippen LogP contribution in [-0.2, 0) is 15.0 Å². The summed E-state index contributed by atoms with van der Waals surface area (Å²) in [6.07, 6.45) is 0. The molecule has 23 heavy (non-hydrogen) atoms. The van der Waals surface area contributed by atoms with E-state index in [1.807, 2.05) is 0 Å². The molecule has 0 radical (unpaired) electrons. The molecule has 3 rings (SSSR count). The lowest BCUT2D eigenvalue weighted by Crippen LogP contribution is -2.30.